The molecular formula is C25H22FN3O2. The number of benzene rings is 3. The second kappa shape index (κ2) is 9.80. The lowest BCUT2D eigenvalue weighted by Gasteiger charge is -2.23. The van der Waals surface area contributed by atoms with Crippen molar-refractivity contribution >= 4 is 5.91 Å². The third-order valence-corrected chi connectivity index (χ3v) is 4.91. The number of carbonyl (C=O) groups is 1. The van der Waals surface area contributed by atoms with Gasteiger partial charge in [-0.3, -0.25) is 4.79 Å². The van der Waals surface area contributed by atoms with Gasteiger partial charge in [-0.2, -0.15) is 4.98 Å². The van der Waals surface area contributed by atoms with Crippen LogP contribution in [0.1, 0.15) is 23.4 Å². The maximum Gasteiger partial charge on any atom is 0.227 e. The van der Waals surface area contributed by atoms with E-state index in [0.29, 0.717) is 36.8 Å². The van der Waals surface area contributed by atoms with Gasteiger partial charge in [-0.1, -0.05) is 65.8 Å². The molecule has 0 unspecified atom stereocenters. The van der Waals surface area contributed by atoms with Gasteiger partial charge in [-0.05, 0) is 35.4 Å². The molecule has 0 saturated carbocycles. The molecule has 0 aliphatic carbocycles. The lowest BCUT2D eigenvalue weighted by Crippen LogP contribution is -2.30. The SMILES string of the molecule is O=C(CCc1nc(-c2ccc(F)cc2)no1)N(Cc1ccccc1)Cc1ccccc1. The Kier molecular flexibility index (Phi) is 6.47. The zero-order chi connectivity index (χ0) is 21.5. The number of aromatic nitrogens is 2. The maximum absolute atomic E-state index is 13.1. The van der Waals surface area contributed by atoms with Gasteiger partial charge in [0.1, 0.15) is 5.82 Å². The number of aryl methyl sites for hydroxylation is 1. The van der Waals surface area contributed by atoms with Gasteiger partial charge in [0.05, 0.1) is 0 Å². The minimum atomic E-state index is -0.324. The fourth-order valence-electron chi connectivity index (χ4n) is 3.28. The molecule has 1 amide bonds. The third kappa shape index (κ3) is 5.63. The Morgan fingerprint density at radius 2 is 1.42 bits per heavy atom. The Hall–Kier alpha value is -3.80. The summed E-state index contributed by atoms with van der Waals surface area (Å²) in [5.41, 5.74) is 2.81. The second-order valence-corrected chi connectivity index (χ2v) is 7.24. The van der Waals surface area contributed by atoms with Crippen LogP contribution in [-0.2, 0) is 24.3 Å². The lowest BCUT2D eigenvalue weighted by molar-refractivity contribution is -0.132. The van der Waals surface area contributed by atoms with Crippen molar-refractivity contribution in [3.63, 3.8) is 0 Å². The number of hydrogen-bond acceptors (Lipinski definition) is 4. The van der Waals surface area contributed by atoms with Crippen molar-refractivity contribution in [1.29, 1.82) is 0 Å². The van der Waals surface area contributed by atoms with Crippen LogP contribution in [0.15, 0.2) is 89.5 Å². The van der Waals surface area contributed by atoms with E-state index in [1.807, 2.05) is 65.6 Å². The molecule has 0 aliphatic heterocycles. The molecule has 5 nitrogen and oxygen atoms in total. The summed E-state index contributed by atoms with van der Waals surface area (Å²) in [5.74, 6) is 0.448. The summed E-state index contributed by atoms with van der Waals surface area (Å²) in [6.07, 6.45) is 0.595. The van der Waals surface area contributed by atoms with Gasteiger partial charge in [0, 0.05) is 31.5 Å². The molecule has 4 aromatic rings. The van der Waals surface area contributed by atoms with E-state index in [-0.39, 0.29) is 18.1 Å². The molecule has 0 aliphatic rings. The van der Waals surface area contributed by atoms with Crippen LogP contribution in [0.2, 0.25) is 0 Å². The van der Waals surface area contributed by atoms with Crippen LogP contribution in [0.4, 0.5) is 4.39 Å². The van der Waals surface area contributed by atoms with Crippen molar-refractivity contribution in [2.75, 3.05) is 0 Å². The zero-order valence-electron chi connectivity index (χ0n) is 16.9. The van der Waals surface area contributed by atoms with E-state index in [0.717, 1.165) is 11.1 Å². The highest BCUT2D eigenvalue weighted by atomic mass is 19.1. The summed E-state index contributed by atoms with van der Waals surface area (Å²) in [7, 11) is 0. The third-order valence-electron chi connectivity index (χ3n) is 4.91. The van der Waals surface area contributed by atoms with E-state index in [4.69, 9.17) is 4.52 Å². The monoisotopic (exact) mass is 415 g/mol. The summed E-state index contributed by atoms with van der Waals surface area (Å²) >= 11 is 0. The van der Waals surface area contributed by atoms with Gasteiger partial charge in [-0.25, -0.2) is 4.39 Å². The molecule has 156 valence electrons. The molecule has 0 spiro atoms. The van der Waals surface area contributed by atoms with Gasteiger partial charge in [0.15, 0.2) is 0 Å². The molecule has 0 N–H and O–H groups in total. The Bertz CT molecular complexity index is 1070. The first-order valence-electron chi connectivity index (χ1n) is 10.1. The van der Waals surface area contributed by atoms with Crippen LogP contribution < -0.4 is 0 Å². The predicted molar refractivity (Wildman–Crippen MR) is 115 cm³/mol. The smallest absolute Gasteiger partial charge is 0.227 e. The van der Waals surface area contributed by atoms with Crippen molar-refractivity contribution in [3.8, 4) is 11.4 Å². The number of halogens is 1. The van der Waals surface area contributed by atoms with Crippen molar-refractivity contribution < 1.29 is 13.7 Å². The Labute approximate surface area is 180 Å². The lowest BCUT2D eigenvalue weighted by atomic mass is 10.1. The van der Waals surface area contributed by atoms with E-state index in [9.17, 15) is 9.18 Å². The topological polar surface area (TPSA) is 59.2 Å². The van der Waals surface area contributed by atoms with Crippen LogP contribution in [0, 0.1) is 5.82 Å². The van der Waals surface area contributed by atoms with Crippen molar-refractivity contribution in [3.05, 3.63) is 108 Å². The quantitative estimate of drug-likeness (QED) is 0.405. The van der Waals surface area contributed by atoms with Crippen LogP contribution in [-0.4, -0.2) is 20.9 Å². The average molecular weight is 415 g/mol. The number of carbonyl (C=O) groups excluding carboxylic acids is 1. The van der Waals surface area contributed by atoms with Gasteiger partial charge in [0.2, 0.25) is 17.6 Å². The minimum absolute atomic E-state index is 0.00855. The zero-order valence-corrected chi connectivity index (χ0v) is 16.9. The van der Waals surface area contributed by atoms with E-state index in [1.54, 1.807) is 12.1 Å². The summed E-state index contributed by atoms with van der Waals surface area (Å²) < 4.78 is 18.4. The van der Waals surface area contributed by atoms with Crippen LogP contribution in [0.5, 0.6) is 0 Å². The second-order valence-electron chi connectivity index (χ2n) is 7.24. The van der Waals surface area contributed by atoms with Crippen LogP contribution in [0.3, 0.4) is 0 Å². The van der Waals surface area contributed by atoms with Gasteiger partial charge in [0.25, 0.3) is 0 Å². The van der Waals surface area contributed by atoms with Crippen LogP contribution in [0.25, 0.3) is 11.4 Å². The number of rotatable bonds is 8. The first kappa shape index (κ1) is 20.5. The van der Waals surface area contributed by atoms with Gasteiger partial charge >= 0.3 is 0 Å². The molecule has 1 aromatic heterocycles. The standard InChI is InChI=1S/C25H22FN3O2/c26-22-13-11-21(12-14-22)25-27-23(31-28-25)15-16-24(30)29(17-19-7-3-1-4-8-19)18-20-9-5-2-6-10-20/h1-14H,15-18H2. The molecule has 0 saturated heterocycles. The summed E-state index contributed by atoms with van der Waals surface area (Å²) in [5, 5.41) is 3.94. The molecule has 4 rings (SSSR count). The highest BCUT2D eigenvalue weighted by molar-refractivity contribution is 5.76. The van der Waals surface area contributed by atoms with E-state index >= 15 is 0 Å². The molecule has 0 bridgehead atoms. The molecular weight excluding hydrogens is 393 g/mol. The van der Waals surface area contributed by atoms with Crippen molar-refractivity contribution in [1.82, 2.24) is 15.0 Å². The van der Waals surface area contributed by atoms with E-state index < -0.39 is 0 Å². The highest BCUT2D eigenvalue weighted by Gasteiger charge is 2.17. The minimum Gasteiger partial charge on any atom is -0.339 e. The molecule has 1 heterocycles. The van der Waals surface area contributed by atoms with Crippen molar-refractivity contribution in [2.24, 2.45) is 0 Å². The average Bonchev–Trinajstić information content (AvgIpc) is 3.28. The first-order chi connectivity index (χ1) is 15.2. The predicted octanol–water partition coefficient (Wildman–Crippen LogP) is 5.04. The first-order valence-corrected chi connectivity index (χ1v) is 10.1. The number of nitrogens with zero attached hydrogens (tertiary/aromatic N) is 3. The molecule has 3 aromatic carbocycles. The number of hydrogen-bond donors (Lipinski definition) is 0. The van der Waals surface area contributed by atoms with Crippen molar-refractivity contribution in [2.45, 2.75) is 25.9 Å². The molecule has 6 heteroatoms. The van der Waals surface area contributed by atoms with Gasteiger partial charge < -0.3 is 9.42 Å². The molecule has 0 radical (unpaired) electrons. The summed E-state index contributed by atoms with van der Waals surface area (Å²) in [6.45, 7) is 1.05. The van der Waals surface area contributed by atoms with E-state index in [1.165, 1.54) is 12.1 Å². The Morgan fingerprint density at radius 1 is 0.839 bits per heavy atom. The highest BCUT2D eigenvalue weighted by Crippen LogP contribution is 2.17. The van der Waals surface area contributed by atoms with Gasteiger partial charge in [-0.15, -0.1) is 0 Å². The van der Waals surface area contributed by atoms with E-state index in [2.05, 4.69) is 10.1 Å². The largest absolute Gasteiger partial charge is 0.339 e. The fourth-order valence-corrected chi connectivity index (χ4v) is 3.28. The summed E-state index contributed by atoms with van der Waals surface area (Å²) in [6, 6.07) is 25.7. The number of amides is 1. The molecule has 0 fully saturated rings. The Morgan fingerprint density at radius 3 is 2.00 bits per heavy atom. The molecule has 31 heavy (non-hydrogen) atoms. The fraction of sp³-hybridized carbons (Fsp3) is 0.160. The summed E-state index contributed by atoms with van der Waals surface area (Å²) in [4.78, 5) is 19.2. The Balaban J connectivity index is 1.42. The molecule has 0 atom stereocenters. The maximum atomic E-state index is 13.1. The normalized spacial score (nSPS) is 10.7. The van der Waals surface area contributed by atoms with Crippen LogP contribution >= 0.6 is 0 Å².